The molecular weight excluding hydrogens is 236 g/mol. The van der Waals surface area contributed by atoms with E-state index in [0.717, 1.165) is 28.0 Å². The van der Waals surface area contributed by atoms with Gasteiger partial charge in [-0.05, 0) is 24.3 Å². The largest absolute Gasteiger partial charge is 0.373 e. The van der Waals surface area contributed by atoms with E-state index >= 15 is 0 Å². The molecule has 4 nitrogen and oxygen atoms in total. The highest BCUT2D eigenvalue weighted by molar-refractivity contribution is 5.76. The number of nitrogens with one attached hydrogen (secondary N) is 2. The van der Waals surface area contributed by atoms with Crippen LogP contribution in [0.25, 0.3) is 11.0 Å². The van der Waals surface area contributed by atoms with Gasteiger partial charge < -0.3 is 10.3 Å². The standard InChI is InChI=1S/C15H12N4/c1-16-14-9-11(4-6-17-14)2-3-12-8-13-5-7-18-15(13)19-10-12/h4-10H,1H3,(H,16,17)(H,18,19). The van der Waals surface area contributed by atoms with Crippen molar-refractivity contribution in [2.75, 3.05) is 12.4 Å². The third-order valence-electron chi connectivity index (χ3n) is 2.77. The topological polar surface area (TPSA) is 53.6 Å². The molecule has 0 aliphatic carbocycles. The number of hydrogen-bond acceptors (Lipinski definition) is 3. The first-order chi connectivity index (χ1) is 9.35. The molecule has 4 heteroatoms. The van der Waals surface area contributed by atoms with Gasteiger partial charge in [0.2, 0.25) is 0 Å². The van der Waals surface area contributed by atoms with Gasteiger partial charge >= 0.3 is 0 Å². The summed E-state index contributed by atoms with van der Waals surface area (Å²) in [4.78, 5) is 11.5. The van der Waals surface area contributed by atoms with Crippen LogP contribution >= 0.6 is 0 Å². The average molecular weight is 248 g/mol. The number of hydrogen-bond donors (Lipinski definition) is 2. The molecule has 0 spiro atoms. The lowest BCUT2D eigenvalue weighted by Gasteiger charge is -1.97. The first kappa shape index (κ1) is 11.3. The monoisotopic (exact) mass is 248 g/mol. The Morgan fingerprint density at radius 3 is 2.89 bits per heavy atom. The number of pyridine rings is 2. The van der Waals surface area contributed by atoms with Crippen LogP contribution in [0.5, 0.6) is 0 Å². The van der Waals surface area contributed by atoms with Crippen molar-refractivity contribution in [1.82, 2.24) is 15.0 Å². The van der Waals surface area contributed by atoms with Crippen LogP contribution in [0.1, 0.15) is 11.1 Å². The number of H-pyrrole nitrogens is 1. The molecule has 3 heterocycles. The third-order valence-corrected chi connectivity index (χ3v) is 2.77. The minimum absolute atomic E-state index is 0.811. The quantitative estimate of drug-likeness (QED) is 0.650. The van der Waals surface area contributed by atoms with Crippen molar-refractivity contribution in [2.45, 2.75) is 0 Å². The number of aromatic nitrogens is 3. The van der Waals surface area contributed by atoms with Gasteiger partial charge in [0.1, 0.15) is 11.5 Å². The maximum Gasteiger partial charge on any atom is 0.137 e. The zero-order chi connectivity index (χ0) is 13.1. The Morgan fingerprint density at radius 2 is 2.00 bits per heavy atom. The van der Waals surface area contributed by atoms with Crippen molar-refractivity contribution >= 4 is 16.9 Å². The number of nitrogens with zero attached hydrogens (tertiary/aromatic N) is 2. The van der Waals surface area contributed by atoms with E-state index in [9.17, 15) is 0 Å². The lowest BCUT2D eigenvalue weighted by molar-refractivity contribution is 1.28. The Bertz CT molecular complexity index is 777. The van der Waals surface area contributed by atoms with Crippen molar-refractivity contribution < 1.29 is 0 Å². The van der Waals surface area contributed by atoms with Crippen LogP contribution in [0.3, 0.4) is 0 Å². The average Bonchev–Trinajstić information content (AvgIpc) is 2.93. The van der Waals surface area contributed by atoms with Gasteiger partial charge in [-0.2, -0.15) is 0 Å². The molecule has 0 unspecified atom stereocenters. The lowest BCUT2D eigenvalue weighted by atomic mass is 10.2. The SMILES string of the molecule is CNc1cc(C#Cc2cnc3[nH]ccc3c2)ccn1. The molecule has 0 aromatic carbocycles. The third kappa shape index (κ3) is 2.40. The molecule has 0 aliphatic rings. The Balaban J connectivity index is 1.93. The summed E-state index contributed by atoms with van der Waals surface area (Å²) in [5.41, 5.74) is 2.70. The summed E-state index contributed by atoms with van der Waals surface area (Å²) < 4.78 is 0. The van der Waals surface area contributed by atoms with Crippen molar-refractivity contribution in [2.24, 2.45) is 0 Å². The molecule has 3 aromatic heterocycles. The lowest BCUT2D eigenvalue weighted by Crippen LogP contribution is -1.91. The molecule has 0 bridgehead atoms. The van der Waals surface area contributed by atoms with E-state index in [1.54, 1.807) is 12.4 Å². The molecule has 2 N–H and O–H groups in total. The molecule has 19 heavy (non-hydrogen) atoms. The van der Waals surface area contributed by atoms with E-state index in [1.807, 2.05) is 37.5 Å². The zero-order valence-corrected chi connectivity index (χ0v) is 10.4. The van der Waals surface area contributed by atoms with Crippen molar-refractivity contribution in [3.8, 4) is 11.8 Å². The normalized spacial score (nSPS) is 9.95. The van der Waals surface area contributed by atoms with Crippen LogP contribution in [-0.2, 0) is 0 Å². The van der Waals surface area contributed by atoms with Crippen LogP contribution in [0.2, 0.25) is 0 Å². The number of fused-ring (bicyclic) bond motifs is 1. The van der Waals surface area contributed by atoms with Crippen LogP contribution < -0.4 is 5.32 Å². The van der Waals surface area contributed by atoms with Gasteiger partial charge in [-0.25, -0.2) is 9.97 Å². The predicted molar refractivity (Wildman–Crippen MR) is 75.9 cm³/mol. The molecule has 0 atom stereocenters. The van der Waals surface area contributed by atoms with Gasteiger partial charge in [0.05, 0.1) is 0 Å². The Kier molecular flexibility index (Phi) is 2.87. The highest BCUT2D eigenvalue weighted by atomic mass is 14.9. The summed E-state index contributed by atoms with van der Waals surface area (Å²) in [5.74, 6) is 7.04. The number of aromatic amines is 1. The van der Waals surface area contributed by atoms with Crippen LogP contribution in [0.4, 0.5) is 5.82 Å². The Morgan fingerprint density at radius 1 is 1.11 bits per heavy atom. The van der Waals surface area contributed by atoms with E-state index in [1.165, 1.54) is 0 Å². The molecular formula is C15H12N4. The molecule has 0 saturated heterocycles. The fourth-order valence-corrected chi connectivity index (χ4v) is 1.80. The summed E-state index contributed by atoms with van der Waals surface area (Å²) in [6.07, 6.45) is 5.38. The highest BCUT2D eigenvalue weighted by Crippen LogP contribution is 2.11. The van der Waals surface area contributed by atoms with Crippen molar-refractivity contribution in [1.29, 1.82) is 0 Å². The van der Waals surface area contributed by atoms with E-state index in [0.29, 0.717) is 0 Å². The second kappa shape index (κ2) is 4.83. The second-order valence-electron chi connectivity index (χ2n) is 4.07. The summed E-state index contributed by atoms with van der Waals surface area (Å²) >= 11 is 0. The minimum atomic E-state index is 0.811. The smallest absolute Gasteiger partial charge is 0.137 e. The van der Waals surface area contributed by atoms with Crippen LogP contribution in [-0.4, -0.2) is 22.0 Å². The van der Waals surface area contributed by atoms with Crippen LogP contribution in [0.15, 0.2) is 42.9 Å². The van der Waals surface area contributed by atoms with Gasteiger partial charge in [-0.15, -0.1) is 0 Å². The van der Waals surface area contributed by atoms with Gasteiger partial charge in [-0.3, -0.25) is 0 Å². The van der Waals surface area contributed by atoms with E-state index in [-0.39, 0.29) is 0 Å². The fraction of sp³-hybridized carbons (Fsp3) is 0.0667. The minimum Gasteiger partial charge on any atom is -0.373 e. The highest BCUT2D eigenvalue weighted by Gasteiger charge is 1.96. The van der Waals surface area contributed by atoms with Gasteiger partial charge in [0.15, 0.2) is 0 Å². The first-order valence-electron chi connectivity index (χ1n) is 5.94. The van der Waals surface area contributed by atoms with E-state index < -0.39 is 0 Å². The summed E-state index contributed by atoms with van der Waals surface area (Å²) in [7, 11) is 1.84. The van der Waals surface area contributed by atoms with Gasteiger partial charge in [0.25, 0.3) is 0 Å². The Hall–Kier alpha value is -2.80. The summed E-state index contributed by atoms with van der Waals surface area (Å²) in [6.45, 7) is 0. The molecule has 0 radical (unpaired) electrons. The summed E-state index contributed by atoms with van der Waals surface area (Å²) in [6, 6.07) is 7.80. The van der Waals surface area contributed by atoms with E-state index in [4.69, 9.17) is 0 Å². The van der Waals surface area contributed by atoms with Gasteiger partial charge in [0, 0.05) is 42.2 Å². The number of rotatable bonds is 1. The Labute approximate surface area is 110 Å². The fourth-order valence-electron chi connectivity index (χ4n) is 1.80. The summed E-state index contributed by atoms with van der Waals surface area (Å²) in [5, 5.41) is 4.06. The molecule has 0 amide bonds. The van der Waals surface area contributed by atoms with Gasteiger partial charge in [-0.1, -0.05) is 11.8 Å². The molecule has 0 fully saturated rings. The zero-order valence-electron chi connectivity index (χ0n) is 10.4. The molecule has 3 rings (SSSR count). The van der Waals surface area contributed by atoms with Crippen LogP contribution in [0, 0.1) is 11.8 Å². The van der Waals surface area contributed by atoms with Crippen molar-refractivity contribution in [3.05, 3.63) is 54.0 Å². The maximum absolute atomic E-state index is 4.30. The molecule has 0 saturated carbocycles. The molecule has 92 valence electrons. The van der Waals surface area contributed by atoms with E-state index in [2.05, 4.69) is 32.1 Å². The number of anilines is 1. The maximum atomic E-state index is 4.30. The van der Waals surface area contributed by atoms with Crippen molar-refractivity contribution in [3.63, 3.8) is 0 Å². The first-order valence-corrected chi connectivity index (χ1v) is 5.94. The predicted octanol–water partition coefficient (Wildman–Crippen LogP) is 2.40. The second-order valence-corrected chi connectivity index (χ2v) is 4.07. The molecule has 3 aromatic rings. The molecule has 0 aliphatic heterocycles.